The van der Waals surface area contributed by atoms with Crippen LogP contribution in [0.3, 0.4) is 0 Å². The lowest BCUT2D eigenvalue weighted by Gasteiger charge is -2.44. The van der Waals surface area contributed by atoms with Crippen molar-refractivity contribution >= 4 is 0 Å². The molecule has 0 bridgehead atoms. The Kier molecular flexibility index (Phi) is 2.52. The van der Waals surface area contributed by atoms with Crippen LogP contribution in [0.5, 0.6) is 0 Å². The van der Waals surface area contributed by atoms with Crippen molar-refractivity contribution in [1.29, 1.82) is 0 Å². The largest absolute Gasteiger partial charge is 0.389 e. The lowest BCUT2D eigenvalue weighted by atomic mass is 9.76. The predicted octanol–water partition coefficient (Wildman–Crippen LogP) is 2.17. The molecule has 2 atom stereocenters. The monoisotopic (exact) mass is 209 g/mol. The standard InChI is InChI=1S/C13H23NO/c15-13(11-4-1-2-5-11)7-9-14-8-3-6-12(14)10-13/h11-12,15H,1-10H2. The summed E-state index contributed by atoms with van der Waals surface area (Å²) in [5.74, 6) is 0.625. The van der Waals surface area contributed by atoms with Crippen LogP contribution in [0.15, 0.2) is 0 Å². The quantitative estimate of drug-likeness (QED) is 0.715. The summed E-state index contributed by atoms with van der Waals surface area (Å²) in [7, 11) is 0. The smallest absolute Gasteiger partial charge is 0.0702 e. The van der Waals surface area contributed by atoms with Gasteiger partial charge in [0.2, 0.25) is 0 Å². The number of rotatable bonds is 1. The first-order chi connectivity index (χ1) is 7.28. The van der Waals surface area contributed by atoms with Gasteiger partial charge in [0.1, 0.15) is 0 Å². The average Bonchev–Trinajstić information content (AvgIpc) is 2.87. The molecule has 0 aromatic heterocycles. The number of hydrogen-bond donors (Lipinski definition) is 1. The number of aliphatic hydroxyl groups is 1. The van der Waals surface area contributed by atoms with Crippen LogP contribution in [0.25, 0.3) is 0 Å². The highest BCUT2D eigenvalue weighted by Crippen LogP contribution is 2.43. The van der Waals surface area contributed by atoms with Crippen molar-refractivity contribution in [3.05, 3.63) is 0 Å². The van der Waals surface area contributed by atoms with Crippen LogP contribution in [-0.2, 0) is 0 Å². The minimum absolute atomic E-state index is 0.290. The Morgan fingerprint density at radius 3 is 2.60 bits per heavy atom. The normalized spacial score (nSPS) is 43.4. The van der Waals surface area contributed by atoms with Crippen molar-refractivity contribution in [3.8, 4) is 0 Å². The number of nitrogens with zero attached hydrogens (tertiary/aromatic N) is 1. The summed E-state index contributed by atoms with van der Waals surface area (Å²) >= 11 is 0. The van der Waals surface area contributed by atoms with E-state index in [0.717, 1.165) is 19.4 Å². The molecule has 0 radical (unpaired) electrons. The minimum Gasteiger partial charge on any atom is -0.389 e. The van der Waals surface area contributed by atoms with Crippen molar-refractivity contribution in [2.24, 2.45) is 5.92 Å². The molecule has 2 heterocycles. The van der Waals surface area contributed by atoms with Gasteiger partial charge in [-0.25, -0.2) is 0 Å². The Morgan fingerprint density at radius 2 is 1.80 bits per heavy atom. The summed E-state index contributed by atoms with van der Waals surface area (Å²) in [6.07, 6.45) is 10.0. The first-order valence-electron chi connectivity index (χ1n) is 6.74. The van der Waals surface area contributed by atoms with E-state index in [2.05, 4.69) is 4.90 Å². The van der Waals surface area contributed by atoms with Gasteiger partial charge in [-0.3, -0.25) is 0 Å². The topological polar surface area (TPSA) is 23.5 Å². The van der Waals surface area contributed by atoms with E-state index in [9.17, 15) is 5.11 Å². The third-order valence-corrected chi connectivity index (χ3v) is 5.04. The van der Waals surface area contributed by atoms with Gasteiger partial charge in [0.25, 0.3) is 0 Å². The summed E-state index contributed by atoms with van der Waals surface area (Å²) in [6.45, 7) is 2.43. The predicted molar refractivity (Wildman–Crippen MR) is 60.7 cm³/mol. The maximum atomic E-state index is 10.8. The summed E-state index contributed by atoms with van der Waals surface area (Å²) in [5, 5.41) is 10.8. The lowest BCUT2D eigenvalue weighted by molar-refractivity contribution is -0.0773. The van der Waals surface area contributed by atoms with Gasteiger partial charge in [0, 0.05) is 12.6 Å². The molecular formula is C13H23NO. The van der Waals surface area contributed by atoms with Gasteiger partial charge in [-0.15, -0.1) is 0 Å². The van der Waals surface area contributed by atoms with E-state index in [-0.39, 0.29) is 5.60 Å². The molecule has 2 saturated heterocycles. The van der Waals surface area contributed by atoms with Crippen LogP contribution in [-0.4, -0.2) is 34.7 Å². The van der Waals surface area contributed by atoms with Gasteiger partial charge in [0.05, 0.1) is 5.60 Å². The van der Waals surface area contributed by atoms with Crippen molar-refractivity contribution in [2.45, 2.75) is 63.0 Å². The van der Waals surface area contributed by atoms with Crippen molar-refractivity contribution in [2.75, 3.05) is 13.1 Å². The van der Waals surface area contributed by atoms with E-state index < -0.39 is 0 Å². The Bertz CT molecular complexity index is 237. The van der Waals surface area contributed by atoms with Gasteiger partial charge in [-0.05, 0) is 51.0 Å². The first-order valence-corrected chi connectivity index (χ1v) is 6.74. The van der Waals surface area contributed by atoms with E-state index in [1.54, 1.807) is 0 Å². The zero-order chi connectivity index (χ0) is 10.3. The second kappa shape index (κ2) is 3.74. The van der Waals surface area contributed by atoms with E-state index in [4.69, 9.17) is 0 Å². The maximum absolute atomic E-state index is 10.8. The van der Waals surface area contributed by atoms with Gasteiger partial charge < -0.3 is 10.0 Å². The fourth-order valence-corrected chi connectivity index (χ4v) is 4.10. The molecule has 1 N–H and O–H groups in total. The molecule has 0 aromatic carbocycles. The molecule has 1 saturated carbocycles. The minimum atomic E-state index is -0.290. The highest BCUT2D eigenvalue weighted by molar-refractivity contribution is 4.99. The maximum Gasteiger partial charge on any atom is 0.0702 e. The van der Waals surface area contributed by atoms with Crippen LogP contribution in [0, 0.1) is 5.92 Å². The molecule has 0 spiro atoms. The molecule has 0 aromatic rings. The van der Waals surface area contributed by atoms with Crippen LogP contribution in [0.2, 0.25) is 0 Å². The van der Waals surface area contributed by atoms with Crippen molar-refractivity contribution in [1.82, 2.24) is 4.90 Å². The van der Waals surface area contributed by atoms with Crippen LogP contribution < -0.4 is 0 Å². The second-order valence-corrected chi connectivity index (χ2v) is 5.87. The van der Waals surface area contributed by atoms with Crippen LogP contribution >= 0.6 is 0 Å². The molecule has 3 rings (SSSR count). The van der Waals surface area contributed by atoms with E-state index in [0.29, 0.717) is 12.0 Å². The SMILES string of the molecule is OC1(C2CCCC2)CCN2CCCC2C1. The van der Waals surface area contributed by atoms with Crippen LogP contribution in [0.4, 0.5) is 0 Å². The van der Waals surface area contributed by atoms with Crippen molar-refractivity contribution in [3.63, 3.8) is 0 Å². The average molecular weight is 209 g/mol. The highest BCUT2D eigenvalue weighted by Gasteiger charge is 2.45. The van der Waals surface area contributed by atoms with Gasteiger partial charge in [-0.2, -0.15) is 0 Å². The first kappa shape index (κ1) is 10.1. The fraction of sp³-hybridized carbons (Fsp3) is 1.00. The number of piperidine rings is 1. The third kappa shape index (κ3) is 1.72. The molecule has 3 aliphatic rings. The number of hydrogen-bond acceptors (Lipinski definition) is 2. The zero-order valence-corrected chi connectivity index (χ0v) is 9.62. The summed E-state index contributed by atoms with van der Waals surface area (Å²) in [5.41, 5.74) is -0.290. The molecule has 2 aliphatic heterocycles. The van der Waals surface area contributed by atoms with Gasteiger partial charge in [0.15, 0.2) is 0 Å². The Hall–Kier alpha value is -0.0800. The molecule has 2 unspecified atom stereocenters. The third-order valence-electron chi connectivity index (χ3n) is 5.04. The molecule has 2 nitrogen and oxygen atoms in total. The highest BCUT2D eigenvalue weighted by atomic mass is 16.3. The summed E-state index contributed by atoms with van der Waals surface area (Å²) in [6, 6.07) is 0.712. The second-order valence-electron chi connectivity index (χ2n) is 5.87. The Balaban J connectivity index is 1.70. The lowest BCUT2D eigenvalue weighted by Crippen LogP contribution is -2.51. The van der Waals surface area contributed by atoms with E-state index in [1.807, 2.05) is 0 Å². The fourth-order valence-electron chi connectivity index (χ4n) is 4.10. The van der Waals surface area contributed by atoms with Crippen molar-refractivity contribution < 1.29 is 5.11 Å². The number of fused-ring (bicyclic) bond motifs is 1. The summed E-state index contributed by atoms with van der Waals surface area (Å²) in [4.78, 5) is 2.60. The molecule has 3 fully saturated rings. The van der Waals surface area contributed by atoms with Crippen LogP contribution in [0.1, 0.15) is 51.4 Å². The zero-order valence-electron chi connectivity index (χ0n) is 9.62. The molecular weight excluding hydrogens is 186 g/mol. The van der Waals surface area contributed by atoms with Gasteiger partial charge in [-0.1, -0.05) is 12.8 Å². The Morgan fingerprint density at radius 1 is 1.00 bits per heavy atom. The van der Waals surface area contributed by atoms with E-state index >= 15 is 0 Å². The Labute approximate surface area is 92.7 Å². The molecule has 2 heteroatoms. The summed E-state index contributed by atoms with van der Waals surface area (Å²) < 4.78 is 0. The molecule has 15 heavy (non-hydrogen) atoms. The van der Waals surface area contributed by atoms with E-state index in [1.165, 1.54) is 45.1 Å². The molecule has 1 aliphatic carbocycles. The van der Waals surface area contributed by atoms with Gasteiger partial charge >= 0.3 is 0 Å². The molecule has 0 amide bonds. The molecule has 86 valence electrons.